The normalized spacial score (nSPS) is 59.7. The Kier molecular flexibility index (Phi) is 1.15. The van der Waals surface area contributed by atoms with E-state index < -0.39 is 0 Å². The molecule has 1 heterocycles. The molecule has 1 saturated carbocycles. The first-order valence-electron chi connectivity index (χ1n) is 3.98. The van der Waals surface area contributed by atoms with Crippen molar-refractivity contribution in [3.05, 3.63) is 0 Å². The predicted octanol–water partition coefficient (Wildman–Crippen LogP) is 0.935. The van der Waals surface area contributed by atoms with Gasteiger partial charge in [0.2, 0.25) is 0 Å². The van der Waals surface area contributed by atoms with Gasteiger partial charge in [-0.05, 0) is 25.7 Å². The summed E-state index contributed by atoms with van der Waals surface area (Å²) in [5, 5.41) is 9.43. The van der Waals surface area contributed by atoms with Crippen molar-refractivity contribution in [2.24, 2.45) is 5.92 Å². The molecule has 0 unspecified atom stereocenters. The Labute approximate surface area is 61.2 Å². The van der Waals surface area contributed by atoms with Gasteiger partial charge in [0.15, 0.2) is 0 Å². The van der Waals surface area contributed by atoms with Crippen LogP contribution in [0.4, 0.5) is 0 Å². The highest BCUT2D eigenvalue weighted by molar-refractivity contribution is 5.07. The quantitative estimate of drug-likeness (QED) is 0.510. The van der Waals surface area contributed by atoms with Gasteiger partial charge in [-0.15, -0.1) is 0 Å². The van der Waals surface area contributed by atoms with Gasteiger partial charge < -0.3 is 9.84 Å². The first kappa shape index (κ1) is 6.62. The smallest absolute Gasteiger partial charge is 0.113 e. The number of ether oxygens (including phenoxy) is 1. The van der Waals surface area contributed by atoms with Crippen molar-refractivity contribution >= 4 is 0 Å². The molecule has 0 aromatic carbocycles. The molecule has 10 heavy (non-hydrogen) atoms. The lowest BCUT2D eigenvalue weighted by atomic mass is 9.82. The highest BCUT2D eigenvalue weighted by Gasteiger charge is 2.59. The van der Waals surface area contributed by atoms with Gasteiger partial charge in [-0.25, -0.2) is 0 Å². The van der Waals surface area contributed by atoms with Gasteiger partial charge in [0.1, 0.15) is 6.10 Å². The topological polar surface area (TPSA) is 32.8 Å². The van der Waals surface area contributed by atoms with E-state index in [1.165, 1.54) is 0 Å². The number of hydrogen-bond acceptors (Lipinski definition) is 2. The van der Waals surface area contributed by atoms with E-state index in [2.05, 4.69) is 13.8 Å². The molecule has 2 rings (SSSR count). The van der Waals surface area contributed by atoms with Gasteiger partial charge in [0.05, 0.1) is 11.7 Å². The molecule has 1 saturated heterocycles. The van der Waals surface area contributed by atoms with Gasteiger partial charge in [0, 0.05) is 0 Å². The molecular formula is C8H14O2. The average Bonchev–Trinajstić information content (AvgIpc) is 2.39. The molecule has 0 bridgehead atoms. The van der Waals surface area contributed by atoms with Crippen molar-refractivity contribution in [3.8, 4) is 0 Å². The molecule has 1 aliphatic carbocycles. The third-order valence-electron chi connectivity index (χ3n) is 2.69. The lowest BCUT2D eigenvalue weighted by Crippen LogP contribution is -2.31. The molecule has 0 radical (unpaired) electrons. The molecule has 58 valence electrons. The van der Waals surface area contributed by atoms with Gasteiger partial charge in [-0.2, -0.15) is 0 Å². The van der Waals surface area contributed by atoms with E-state index in [1.54, 1.807) is 0 Å². The van der Waals surface area contributed by atoms with Crippen LogP contribution in [0.25, 0.3) is 0 Å². The third-order valence-corrected chi connectivity index (χ3v) is 2.69. The van der Waals surface area contributed by atoms with E-state index in [0.717, 1.165) is 12.8 Å². The van der Waals surface area contributed by atoms with Crippen molar-refractivity contribution in [2.45, 2.75) is 44.5 Å². The van der Waals surface area contributed by atoms with Crippen LogP contribution in [-0.2, 0) is 4.74 Å². The Hall–Kier alpha value is -0.0800. The average molecular weight is 142 g/mol. The number of aliphatic hydroxyl groups excluding tert-OH is 1. The maximum absolute atomic E-state index is 9.43. The van der Waals surface area contributed by atoms with E-state index in [9.17, 15) is 5.11 Å². The van der Waals surface area contributed by atoms with Crippen molar-refractivity contribution in [3.63, 3.8) is 0 Å². The zero-order valence-electron chi connectivity index (χ0n) is 6.50. The second-order valence-electron chi connectivity index (χ2n) is 3.96. The number of rotatable bonds is 0. The second kappa shape index (κ2) is 1.74. The predicted molar refractivity (Wildman–Crippen MR) is 37.7 cm³/mol. The molecule has 0 aromatic heterocycles. The van der Waals surface area contributed by atoms with Crippen LogP contribution < -0.4 is 0 Å². The van der Waals surface area contributed by atoms with Crippen molar-refractivity contribution in [1.29, 1.82) is 0 Å². The van der Waals surface area contributed by atoms with Crippen LogP contribution in [0.3, 0.4) is 0 Å². The zero-order valence-corrected chi connectivity index (χ0v) is 6.50. The fourth-order valence-corrected chi connectivity index (χ4v) is 2.22. The van der Waals surface area contributed by atoms with Crippen LogP contribution in [0.15, 0.2) is 0 Å². The van der Waals surface area contributed by atoms with Crippen molar-refractivity contribution in [2.75, 3.05) is 0 Å². The molecule has 1 aliphatic heterocycles. The van der Waals surface area contributed by atoms with Gasteiger partial charge >= 0.3 is 0 Å². The second-order valence-corrected chi connectivity index (χ2v) is 3.96. The minimum Gasteiger partial charge on any atom is -0.390 e. The standard InChI is InChI=1S/C8H14O2/c1-5-3-6(9)7-8(2,4-5)10-7/h5-7,9H,3-4H2,1-2H3/t5-,6+,7+,8-/m1/s1. The number of fused-ring (bicyclic) bond motifs is 1. The molecule has 0 amide bonds. The maximum Gasteiger partial charge on any atom is 0.113 e. The first-order chi connectivity index (χ1) is 4.62. The Morgan fingerprint density at radius 3 is 2.90 bits per heavy atom. The summed E-state index contributed by atoms with van der Waals surface area (Å²) in [6.45, 7) is 4.27. The minimum absolute atomic E-state index is 0.0388. The van der Waals surface area contributed by atoms with E-state index >= 15 is 0 Å². The summed E-state index contributed by atoms with van der Waals surface area (Å²) in [5.41, 5.74) is 0.0388. The number of epoxide rings is 1. The molecule has 1 N–H and O–H groups in total. The summed E-state index contributed by atoms with van der Waals surface area (Å²) in [6.07, 6.45) is 1.99. The van der Waals surface area contributed by atoms with Gasteiger partial charge in [0.25, 0.3) is 0 Å². The first-order valence-corrected chi connectivity index (χ1v) is 3.98. The van der Waals surface area contributed by atoms with Gasteiger partial charge in [-0.3, -0.25) is 0 Å². The van der Waals surface area contributed by atoms with Crippen LogP contribution in [0.1, 0.15) is 26.7 Å². The summed E-state index contributed by atoms with van der Waals surface area (Å²) in [5.74, 6) is 0.624. The third kappa shape index (κ3) is 0.789. The molecule has 0 aromatic rings. The van der Waals surface area contributed by atoms with Crippen LogP contribution in [0.2, 0.25) is 0 Å². The summed E-state index contributed by atoms with van der Waals surface area (Å²) >= 11 is 0. The van der Waals surface area contributed by atoms with E-state index in [0.29, 0.717) is 5.92 Å². The molecule has 2 aliphatic rings. The maximum atomic E-state index is 9.43. The Bertz CT molecular complexity index is 157. The summed E-state index contributed by atoms with van der Waals surface area (Å²) in [7, 11) is 0. The molecular weight excluding hydrogens is 128 g/mol. The molecule has 2 fully saturated rings. The van der Waals surface area contributed by atoms with Crippen LogP contribution in [0, 0.1) is 5.92 Å². The summed E-state index contributed by atoms with van der Waals surface area (Å²) in [6, 6.07) is 0. The summed E-state index contributed by atoms with van der Waals surface area (Å²) < 4.78 is 5.40. The van der Waals surface area contributed by atoms with Crippen LogP contribution >= 0.6 is 0 Å². The Morgan fingerprint density at radius 2 is 2.30 bits per heavy atom. The highest BCUT2D eigenvalue weighted by atomic mass is 16.6. The lowest BCUT2D eigenvalue weighted by Gasteiger charge is -2.23. The Morgan fingerprint density at radius 1 is 1.60 bits per heavy atom. The molecule has 2 heteroatoms. The van der Waals surface area contributed by atoms with E-state index in [4.69, 9.17) is 4.74 Å². The highest BCUT2D eigenvalue weighted by Crippen LogP contribution is 2.49. The largest absolute Gasteiger partial charge is 0.390 e. The number of aliphatic hydroxyl groups is 1. The van der Waals surface area contributed by atoms with E-state index in [1.807, 2.05) is 0 Å². The van der Waals surface area contributed by atoms with Crippen LogP contribution in [0.5, 0.6) is 0 Å². The summed E-state index contributed by atoms with van der Waals surface area (Å²) in [4.78, 5) is 0. The Balaban J connectivity index is 2.08. The fourth-order valence-electron chi connectivity index (χ4n) is 2.22. The zero-order chi connectivity index (χ0) is 7.35. The molecule has 0 spiro atoms. The fraction of sp³-hybridized carbons (Fsp3) is 1.00. The van der Waals surface area contributed by atoms with E-state index in [-0.39, 0.29) is 17.8 Å². The minimum atomic E-state index is -0.200. The molecule has 2 nitrogen and oxygen atoms in total. The monoisotopic (exact) mass is 142 g/mol. The van der Waals surface area contributed by atoms with Crippen LogP contribution in [-0.4, -0.2) is 22.9 Å². The van der Waals surface area contributed by atoms with Crippen molar-refractivity contribution in [1.82, 2.24) is 0 Å². The number of hydrogen-bond donors (Lipinski definition) is 1. The lowest BCUT2D eigenvalue weighted by molar-refractivity contribution is 0.105. The van der Waals surface area contributed by atoms with Crippen molar-refractivity contribution < 1.29 is 9.84 Å². The SMILES string of the molecule is C[C@@H]1C[C@H](O)[C@@H]2O[C@]2(C)C1. The molecule has 4 atom stereocenters. The van der Waals surface area contributed by atoms with Gasteiger partial charge in [-0.1, -0.05) is 6.92 Å².